The van der Waals surface area contributed by atoms with Crippen LogP contribution in [0.4, 0.5) is 10.1 Å². The molecule has 7 nitrogen and oxygen atoms in total. The number of anilines is 1. The molecule has 0 aliphatic carbocycles. The van der Waals surface area contributed by atoms with Crippen molar-refractivity contribution in [3.8, 4) is 5.69 Å². The van der Waals surface area contributed by atoms with Gasteiger partial charge in [-0.25, -0.2) is 4.39 Å². The van der Waals surface area contributed by atoms with E-state index in [2.05, 4.69) is 20.8 Å². The maximum atomic E-state index is 14.4. The Morgan fingerprint density at radius 2 is 1.97 bits per heavy atom. The molecule has 0 bridgehead atoms. The SMILES string of the molecule is Cc1nnnn1-c1cc(NC(=O)C2(c3ccc(Cl)cc3Cl)CCOCC2)ccc1F. The maximum Gasteiger partial charge on any atom is 0.235 e. The molecular weight excluding hydrogens is 432 g/mol. The Morgan fingerprint density at radius 1 is 1.20 bits per heavy atom. The van der Waals surface area contributed by atoms with Crippen molar-refractivity contribution in [3.63, 3.8) is 0 Å². The molecule has 0 unspecified atom stereocenters. The van der Waals surface area contributed by atoms with Gasteiger partial charge in [0.05, 0.1) is 5.41 Å². The first-order valence-electron chi connectivity index (χ1n) is 9.30. The molecule has 0 radical (unpaired) electrons. The fourth-order valence-corrected chi connectivity index (χ4v) is 4.26. The van der Waals surface area contributed by atoms with Crippen LogP contribution in [0.15, 0.2) is 36.4 Å². The zero-order valence-corrected chi connectivity index (χ0v) is 17.5. The first-order chi connectivity index (χ1) is 14.4. The number of halogens is 3. The topological polar surface area (TPSA) is 81.9 Å². The summed E-state index contributed by atoms with van der Waals surface area (Å²) >= 11 is 12.5. The van der Waals surface area contributed by atoms with Gasteiger partial charge in [-0.05, 0) is 66.1 Å². The minimum Gasteiger partial charge on any atom is -0.381 e. The average molecular weight is 450 g/mol. The number of nitrogens with zero attached hydrogens (tertiary/aromatic N) is 4. The van der Waals surface area contributed by atoms with Crippen molar-refractivity contribution in [2.45, 2.75) is 25.2 Å². The number of amides is 1. The number of benzene rings is 2. The van der Waals surface area contributed by atoms with Gasteiger partial charge in [-0.15, -0.1) is 5.10 Å². The molecule has 1 aliphatic rings. The number of rotatable bonds is 4. The van der Waals surface area contributed by atoms with Crippen LogP contribution in [0, 0.1) is 12.7 Å². The summed E-state index contributed by atoms with van der Waals surface area (Å²) in [5, 5.41) is 14.9. The van der Waals surface area contributed by atoms with Crippen LogP contribution in [0.5, 0.6) is 0 Å². The molecule has 2 heterocycles. The van der Waals surface area contributed by atoms with Crippen molar-refractivity contribution in [2.24, 2.45) is 0 Å². The van der Waals surface area contributed by atoms with Crippen molar-refractivity contribution in [1.29, 1.82) is 0 Å². The van der Waals surface area contributed by atoms with E-state index in [0.717, 1.165) is 0 Å². The summed E-state index contributed by atoms with van der Waals surface area (Å²) in [4.78, 5) is 13.5. The summed E-state index contributed by atoms with van der Waals surface area (Å²) in [6.07, 6.45) is 0.917. The van der Waals surface area contributed by atoms with Crippen LogP contribution in [0.2, 0.25) is 10.0 Å². The van der Waals surface area contributed by atoms with Crippen LogP contribution in [0.1, 0.15) is 24.2 Å². The molecule has 156 valence electrons. The van der Waals surface area contributed by atoms with E-state index >= 15 is 0 Å². The Balaban J connectivity index is 1.69. The van der Waals surface area contributed by atoms with Crippen LogP contribution < -0.4 is 5.32 Å². The van der Waals surface area contributed by atoms with E-state index < -0.39 is 11.2 Å². The van der Waals surface area contributed by atoms with E-state index in [1.807, 2.05) is 0 Å². The molecule has 30 heavy (non-hydrogen) atoms. The molecule has 0 spiro atoms. The Bertz CT molecular complexity index is 1100. The Labute approximate surface area is 182 Å². The molecule has 1 N–H and O–H groups in total. The monoisotopic (exact) mass is 449 g/mol. The third kappa shape index (κ3) is 3.78. The van der Waals surface area contributed by atoms with Gasteiger partial charge in [-0.2, -0.15) is 4.68 Å². The molecule has 1 aromatic heterocycles. The number of aromatic nitrogens is 4. The van der Waals surface area contributed by atoms with Crippen LogP contribution in [0.25, 0.3) is 5.69 Å². The average Bonchev–Trinajstić information content (AvgIpc) is 3.15. The second-order valence-electron chi connectivity index (χ2n) is 7.08. The summed E-state index contributed by atoms with van der Waals surface area (Å²) < 4.78 is 21.1. The fraction of sp³-hybridized carbons (Fsp3) is 0.300. The summed E-state index contributed by atoms with van der Waals surface area (Å²) in [6, 6.07) is 9.36. The highest BCUT2D eigenvalue weighted by molar-refractivity contribution is 6.35. The number of ether oxygens (including phenoxy) is 1. The predicted molar refractivity (Wildman–Crippen MR) is 111 cm³/mol. The first kappa shape index (κ1) is 20.7. The summed E-state index contributed by atoms with van der Waals surface area (Å²) in [5.74, 6) is -0.336. The van der Waals surface area contributed by atoms with Crippen LogP contribution in [-0.2, 0) is 14.9 Å². The van der Waals surface area contributed by atoms with Gasteiger partial charge in [-0.1, -0.05) is 29.3 Å². The number of carbonyl (C=O) groups excluding carboxylic acids is 1. The number of carbonyl (C=O) groups is 1. The van der Waals surface area contributed by atoms with Crippen LogP contribution in [0.3, 0.4) is 0 Å². The van der Waals surface area contributed by atoms with E-state index in [0.29, 0.717) is 53.2 Å². The van der Waals surface area contributed by atoms with E-state index in [9.17, 15) is 9.18 Å². The Morgan fingerprint density at radius 3 is 2.63 bits per heavy atom. The molecule has 0 atom stereocenters. The highest BCUT2D eigenvalue weighted by Gasteiger charge is 2.43. The number of hydrogen-bond acceptors (Lipinski definition) is 5. The first-order valence-corrected chi connectivity index (χ1v) is 10.1. The van der Waals surface area contributed by atoms with Crippen LogP contribution in [-0.4, -0.2) is 39.3 Å². The van der Waals surface area contributed by atoms with Gasteiger partial charge >= 0.3 is 0 Å². The van der Waals surface area contributed by atoms with E-state index in [1.54, 1.807) is 25.1 Å². The van der Waals surface area contributed by atoms with E-state index in [-0.39, 0.29) is 11.6 Å². The number of aryl methyl sites for hydroxylation is 1. The Hall–Kier alpha value is -2.55. The van der Waals surface area contributed by atoms with Gasteiger partial charge in [-0.3, -0.25) is 4.79 Å². The van der Waals surface area contributed by atoms with Crippen LogP contribution >= 0.6 is 23.2 Å². The standard InChI is InChI=1S/C20H18Cl2FN5O2/c1-12-25-26-27-28(12)18-11-14(3-5-17(18)23)24-19(29)20(6-8-30-9-7-20)15-4-2-13(21)10-16(15)22/h2-5,10-11H,6-9H2,1H3,(H,24,29). The van der Waals surface area contributed by atoms with Crippen molar-refractivity contribution >= 4 is 34.8 Å². The van der Waals surface area contributed by atoms with Gasteiger partial charge in [0.1, 0.15) is 11.5 Å². The van der Waals surface area contributed by atoms with E-state index in [1.165, 1.54) is 22.9 Å². The molecule has 0 saturated carbocycles. The second kappa shape index (κ2) is 8.29. The largest absolute Gasteiger partial charge is 0.381 e. The minimum atomic E-state index is -0.890. The quantitative estimate of drug-likeness (QED) is 0.647. The van der Waals surface area contributed by atoms with Gasteiger partial charge in [0.25, 0.3) is 0 Å². The molecule has 10 heteroatoms. The second-order valence-corrected chi connectivity index (χ2v) is 7.92. The Kier molecular flexibility index (Phi) is 5.73. The van der Waals surface area contributed by atoms with Crippen molar-refractivity contribution in [2.75, 3.05) is 18.5 Å². The molecular formula is C20H18Cl2FN5O2. The number of hydrogen-bond donors (Lipinski definition) is 1. The van der Waals surface area contributed by atoms with Crippen molar-refractivity contribution in [3.05, 3.63) is 63.6 Å². The van der Waals surface area contributed by atoms with Gasteiger partial charge in [0, 0.05) is 28.9 Å². The smallest absolute Gasteiger partial charge is 0.235 e. The molecule has 1 saturated heterocycles. The zero-order valence-electron chi connectivity index (χ0n) is 16.0. The van der Waals surface area contributed by atoms with Gasteiger partial charge < -0.3 is 10.1 Å². The normalized spacial score (nSPS) is 15.7. The summed E-state index contributed by atoms with van der Waals surface area (Å²) in [7, 11) is 0. The van der Waals surface area contributed by atoms with Gasteiger partial charge in [0.2, 0.25) is 5.91 Å². The van der Waals surface area contributed by atoms with Crippen molar-refractivity contribution in [1.82, 2.24) is 20.2 Å². The lowest BCUT2D eigenvalue weighted by molar-refractivity contribution is -0.125. The lowest BCUT2D eigenvalue weighted by Gasteiger charge is -2.36. The molecule has 1 aliphatic heterocycles. The highest BCUT2D eigenvalue weighted by Crippen LogP contribution is 2.40. The van der Waals surface area contributed by atoms with Crippen molar-refractivity contribution < 1.29 is 13.9 Å². The number of tetrazole rings is 1. The molecule has 3 aromatic rings. The van der Waals surface area contributed by atoms with Gasteiger partial charge in [0.15, 0.2) is 5.82 Å². The zero-order chi connectivity index (χ0) is 21.3. The summed E-state index contributed by atoms with van der Waals surface area (Å²) in [6.45, 7) is 2.50. The molecule has 1 amide bonds. The molecule has 2 aromatic carbocycles. The highest BCUT2D eigenvalue weighted by atomic mass is 35.5. The maximum absolute atomic E-state index is 14.4. The third-order valence-corrected chi connectivity index (χ3v) is 5.83. The third-order valence-electron chi connectivity index (χ3n) is 5.29. The lowest BCUT2D eigenvalue weighted by Crippen LogP contribution is -2.45. The molecule has 4 rings (SSSR count). The minimum absolute atomic E-state index is 0.140. The fourth-order valence-electron chi connectivity index (χ4n) is 3.67. The molecule has 1 fully saturated rings. The lowest BCUT2D eigenvalue weighted by atomic mass is 9.73. The van der Waals surface area contributed by atoms with E-state index in [4.69, 9.17) is 27.9 Å². The summed E-state index contributed by atoms with van der Waals surface area (Å²) in [5.41, 5.74) is 0.357. The predicted octanol–water partition coefficient (Wildman–Crippen LogP) is 4.10. The number of nitrogens with one attached hydrogen (secondary N) is 1.